The van der Waals surface area contributed by atoms with E-state index in [9.17, 15) is 13.2 Å². The Balaban J connectivity index is 1.27. The summed E-state index contributed by atoms with van der Waals surface area (Å²) in [6, 6.07) is 11.1. The van der Waals surface area contributed by atoms with Gasteiger partial charge in [-0.25, -0.2) is 8.42 Å². The molecule has 0 aliphatic carbocycles. The Kier molecular flexibility index (Phi) is 6.50. The van der Waals surface area contributed by atoms with Gasteiger partial charge in [0.05, 0.1) is 11.4 Å². The zero-order chi connectivity index (χ0) is 23.7. The van der Waals surface area contributed by atoms with E-state index in [1.807, 2.05) is 30.1 Å². The molecule has 8 nitrogen and oxygen atoms in total. The van der Waals surface area contributed by atoms with Gasteiger partial charge in [-0.05, 0) is 74.2 Å². The first kappa shape index (κ1) is 23.1. The fourth-order valence-electron chi connectivity index (χ4n) is 4.94. The van der Waals surface area contributed by atoms with E-state index >= 15 is 0 Å². The van der Waals surface area contributed by atoms with Crippen LogP contribution in [0.2, 0.25) is 0 Å². The SMILES string of the molecule is CN(CC(=O)N1CCCc2cc(S(=O)(=O)N3CCCC3)ccc21)Cc1ccc2c(c1)OCCO2. The second-order valence-corrected chi connectivity index (χ2v) is 11.1. The molecule has 0 atom stereocenters. The van der Waals surface area contributed by atoms with Gasteiger partial charge in [0, 0.05) is 31.9 Å². The summed E-state index contributed by atoms with van der Waals surface area (Å²) in [7, 11) is -1.55. The van der Waals surface area contributed by atoms with Crippen molar-refractivity contribution in [2.24, 2.45) is 0 Å². The predicted octanol–water partition coefficient (Wildman–Crippen LogP) is 2.65. The van der Waals surface area contributed by atoms with Crippen LogP contribution in [0.3, 0.4) is 0 Å². The molecule has 0 saturated carbocycles. The van der Waals surface area contributed by atoms with Crippen molar-refractivity contribution in [1.82, 2.24) is 9.21 Å². The lowest BCUT2D eigenvalue weighted by atomic mass is 10.0. The highest BCUT2D eigenvalue weighted by molar-refractivity contribution is 7.89. The van der Waals surface area contributed by atoms with E-state index in [4.69, 9.17) is 9.47 Å². The molecule has 2 aromatic carbocycles. The summed E-state index contributed by atoms with van der Waals surface area (Å²) in [5.41, 5.74) is 2.80. The first-order valence-electron chi connectivity index (χ1n) is 11.9. The van der Waals surface area contributed by atoms with Crippen molar-refractivity contribution < 1.29 is 22.7 Å². The van der Waals surface area contributed by atoms with Crippen LogP contribution in [-0.4, -0.2) is 70.0 Å². The van der Waals surface area contributed by atoms with Crippen LogP contribution in [0.1, 0.15) is 30.4 Å². The predicted molar refractivity (Wildman–Crippen MR) is 129 cm³/mol. The highest BCUT2D eigenvalue weighted by atomic mass is 32.2. The Morgan fingerprint density at radius 3 is 2.53 bits per heavy atom. The van der Waals surface area contributed by atoms with Gasteiger partial charge in [-0.2, -0.15) is 4.31 Å². The minimum absolute atomic E-state index is 0.0103. The van der Waals surface area contributed by atoms with Gasteiger partial charge in [-0.1, -0.05) is 6.07 Å². The van der Waals surface area contributed by atoms with E-state index in [0.29, 0.717) is 44.3 Å². The normalized spacial score (nSPS) is 18.2. The molecule has 1 saturated heterocycles. The van der Waals surface area contributed by atoms with Crippen molar-refractivity contribution in [1.29, 1.82) is 0 Å². The largest absolute Gasteiger partial charge is 0.486 e. The van der Waals surface area contributed by atoms with Crippen LogP contribution in [-0.2, 0) is 27.8 Å². The number of ether oxygens (including phenoxy) is 2. The summed E-state index contributed by atoms with van der Waals surface area (Å²) in [6.45, 7) is 3.78. The quantitative estimate of drug-likeness (QED) is 0.626. The maximum atomic E-state index is 13.2. The van der Waals surface area contributed by atoms with E-state index in [2.05, 4.69) is 0 Å². The number of anilines is 1. The summed E-state index contributed by atoms with van der Waals surface area (Å²) in [4.78, 5) is 17.3. The number of sulfonamides is 1. The molecule has 5 rings (SSSR count). The number of carbonyl (C=O) groups is 1. The van der Waals surface area contributed by atoms with Gasteiger partial charge < -0.3 is 14.4 Å². The third kappa shape index (κ3) is 4.64. The number of benzene rings is 2. The number of fused-ring (bicyclic) bond motifs is 2. The van der Waals surface area contributed by atoms with Crippen LogP contribution >= 0.6 is 0 Å². The summed E-state index contributed by atoms with van der Waals surface area (Å²) in [5.74, 6) is 1.51. The number of carbonyl (C=O) groups excluding carboxylic acids is 1. The number of hydrogen-bond acceptors (Lipinski definition) is 6. The first-order chi connectivity index (χ1) is 16.4. The topological polar surface area (TPSA) is 79.4 Å². The van der Waals surface area contributed by atoms with Crippen molar-refractivity contribution in [3.05, 3.63) is 47.5 Å². The Hall–Kier alpha value is -2.62. The van der Waals surface area contributed by atoms with E-state index in [0.717, 1.165) is 54.0 Å². The number of likely N-dealkylation sites (N-methyl/N-ethyl adjacent to an activating group) is 1. The molecule has 0 bridgehead atoms. The minimum atomic E-state index is -3.47. The smallest absolute Gasteiger partial charge is 0.243 e. The summed E-state index contributed by atoms with van der Waals surface area (Å²) in [5, 5.41) is 0. The zero-order valence-corrected chi connectivity index (χ0v) is 20.3. The monoisotopic (exact) mass is 485 g/mol. The Labute approximate surface area is 201 Å². The average molecular weight is 486 g/mol. The highest BCUT2D eigenvalue weighted by Crippen LogP contribution is 2.32. The standard InChI is InChI=1S/C25H31N3O5S/c1-26(17-19-6-9-23-24(15-19)33-14-13-32-23)18-25(29)28-12-4-5-20-16-21(7-8-22(20)28)34(30,31)27-10-2-3-11-27/h6-9,15-16H,2-5,10-14,17-18H2,1H3. The van der Waals surface area contributed by atoms with E-state index in [1.165, 1.54) is 0 Å². The number of nitrogens with zero attached hydrogens (tertiary/aromatic N) is 3. The minimum Gasteiger partial charge on any atom is -0.486 e. The second-order valence-electron chi connectivity index (χ2n) is 9.20. The molecular formula is C25H31N3O5S. The van der Waals surface area contributed by atoms with Gasteiger partial charge in [0.2, 0.25) is 15.9 Å². The van der Waals surface area contributed by atoms with Crippen LogP contribution in [0.15, 0.2) is 41.3 Å². The molecule has 182 valence electrons. The lowest BCUT2D eigenvalue weighted by Crippen LogP contribution is -2.41. The summed E-state index contributed by atoms with van der Waals surface area (Å²) >= 11 is 0. The maximum Gasteiger partial charge on any atom is 0.243 e. The molecule has 1 fully saturated rings. The van der Waals surface area contributed by atoms with Gasteiger partial charge >= 0.3 is 0 Å². The molecule has 0 unspecified atom stereocenters. The average Bonchev–Trinajstić information content (AvgIpc) is 3.39. The van der Waals surface area contributed by atoms with Crippen LogP contribution in [0.5, 0.6) is 11.5 Å². The third-order valence-corrected chi connectivity index (χ3v) is 8.53. The summed E-state index contributed by atoms with van der Waals surface area (Å²) < 4.78 is 38.7. The van der Waals surface area contributed by atoms with Gasteiger partial charge in [0.1, 0.15) is 13.2 Å². The Bertz CT molecular complexity index is 1180. The lowest BCUT2D eigenvalue weighted by molar-refractivity contribution is -0.119. The first-order valence-corrected chi connectivity index (χ1v) is 13.4. The van der Waals surface area contributed by atoms with Gasteiger partial charge in [0.15, 0.2) is 11.5 Å². The second kappa shape index (κ2) is 9.56. The fourth-order valence-corrected chi connectivity index (χ4v) is 6.51. The van der Waals surface area contributed by atoms with Crippen LogP contribution < -0.4 is 14.4 Å². The number of aryl methyl sites for hydroxylation is 1. The molecular weight excluding hydrogens is 454 g/mol. The maximum absolute atomic E-state index is 13.2. The highest BCUT2D eigenvalue weighted by Gasteiger charge is 2.30. The lowest BCUT2D eigenvalue weighted by Gasteiger charge is -2.31. The van der Waals surface area contributed by atoms with E-state index < -0.39 is 10.0 Å². The molecule has 1 amide bonds. The van der Waals surface area contributed by atoms with Crippen molar-refractivity contribution in [3.8, 4) is 11.5 Å². The molecule has 9 heteroatoms. The van der Waals surface area contributed by atoms with Crippen molar-refractivity contribution >= 4 is 21.6 Å². The molecule has 3 heterocycles. The van der Waals surface area contributed by atoms with Crippen molar-refractivity contribution in [3.63, 3.8) is 0 Å². The van der Waals surface area contributed by atoms with Crippen LogP contribution in [0, 0.1) is 0 Å². The number of hydrogen-bond donors (Lipinski definition) is 0. The molecule has 0 N–H and O–H groups in total. The van der Waals surface area contributed by atoms with Crippen molar-refractivity contribution in [2.75, 3.05) is 51.3 Å². The molecule has 34 heavy (non-hydrogen) atoms. The zero-order valence-electron chi connectivity index (χ0n) is 19.5. The Morgan fingerprint density at radius 1 is 0.971 bits per heavy atom. The number of rotatable bonds is 6. The Morgan fingerprint density at radius 2 is 1.74 bits per heavy atom. The van der Waals surface area contributed by atoms with Gasteiger partial charge in [0.25, 0.3) is 0 Å². The van der Waals surface area contributed by atoms with Crippen LogP contribution in [0.4, 0.5) is 5.69 Å². The molecule has 0 aromatic heterocycles. The molecule has 0 radical (unpaired) electrons. The molecule has 3 aliphatic heterocycles. The fraction of sp³-hybridized carbons (Fsp3) is 0.480. The van der Waals surface area contributed by atoms with Gasteiger partial charge in [-0.15, -0.1) is 0 Å². The van der Waals surface area contributed by atoms with E-state index in [1.54, 1.807) is 27.4 Å². The molecule has 2 aromatic rings. The molecule has 3 aliphatic rings. The van der Waals surface area contributed by atoms with Crippen molar-refractivity contribution in [2.45, 2.75) is 37.1 Å². The third-order valence-electron chi connectivity index (χ3n) is 6.64. The van der Waals surface area contributed by atoms with Gasteiger partial charge in [-0.3, -0.25) is 9.69 Å². The summed E-state index contributed by atoms with van der Waals surface area (Å²) in [6.07, 6.45) is 3.41. The van der Waals surface area contributed by atoms with Crippen LogP contribution in [0.25, 0.3) is 0 Å². The van der Waals surface area contributed by atoms with E-state index in [-0.39, 0.29) is 12.5 Å². The number of amides is 1. The molecule has 0 spiro atoms.